The lowest BCUT2D eigenvalue weighted by Gasteiger charge is -2.41. The first-order valence-corrected chi connectivity index (χ1v) is 8.86. The number of hydrogen-bond acceptors (Lipinski definition) is 5. The average Bonchev–Trinajstić information content (AvgIpc) is 3.12. The Morgan fingerprint density at radius 3 is 3.00 bits per heavy atom. The van der Waals surface area contributed by atoms with Crippen molar-refractivity contribution in [2.45, 2.75) is 31.7 Å². The van der Waals surface area contributed by atoms with Crippen LogP contribution in [0, 0.1) is 17.2 Å². The van der Waals surface area contributed by atoms with Crippen LogP contribution in [0.3, 0.4) is 0 Å². The molecule has 7 heteroatoms. The zero-order valence-electron chi connectivity index (χ0n) is 14.1. The molecule has 2 aromatic heterocycles. The number of hydrogen-bond donors (Lipinski definition) is 3. The number of nitrogens with zero attached hydrogens (tertiary/aromatic N) is 3. The Bertz CT molecular complexity index is 815. The largest absolute Gasteiger partial charge is 0.350 e. The van der Waals surface area contributed by atoms with Crippen LogP contribution in [0.1, 0.15) is 36.0 Å². The normalized spacial score (nSPS) is 23.2. The fourth-order valence-electron chi connectivity index (χ4n) is 4.11. The van der Waals surface area contributed by atoms with Gasteiger partial charge in [0.2, 0.25) is 0 Å². The van der Waals surface area contributed by atoms with Gasteiger partial charge in [0.15, 0.2) is 0 Å². The van der Waals surface area contributed by atoms with Crippen molar-refractivity contribution < 1.29 is 4.79 Å². The minimum atomic E-state index is -0.0451. The first-order valence-electron chi connectivity index (χ1n) is 8.86. The van der Waals surface area contributed by atoms with Crippen molar-refractivity contribution in [3.05, 3.63) is 24.0 Å². The number of amides is 1. The summed E-state index contributed by atoms with van der Waals surface area (Å²) in [6.45, 7) is 1.89. The summed E-state index contributed by atoms with van der Waals surface area (Å²) in [5.41, 5.74) is 2.50. The summed E-state index contributed by atoms with van der Waals surface area (Å²) in [6, 6.07) is 4.56. The van der Waals surface area contributed by atoms with Gasteiger partial charge in [-0.1, -0.05) is 0 Å². The van der Waals surface area contributed by atoms with Crippen molar-refractivity contribution in [3.8, 4) is 6.07 Å². The van der Waals surface area contributed by atoms with Gasteiger partial charge in [0.25, 0.3) is 5.91 Å². The Balaban J connectivity index is 1.53. The van der Waals surface area contributed by atoms with E-state index in [1.807, 2.05) is 12.3 Å². The van der Waals surface area contributed by atoms with Crippen LogP contribution < -0.4 is 15.5 Å². The second-order valence-electron chi connectivity index (χ2n) is 6.86. The molecule has 0 spiro atoms. The smallest absolute Gasteiger partial charge is 0.256 e. The minimum absolute atomic E-state index is 0.0451. The second kappa shape index (κ2) is 6.73. The maximum Gasteiger partial charge on any atom is 0.256 e. The number of aromatic nitrogens is 2. The molecule has 2 aromatic rings. The molecule has 25 heavy (non-hydrogen) atoms. The van der Waals surface area contributed by atoms with Crippen LogP contribution in [0.2, 0.25) is 0 Å². The maximum absolute atomic E-state index is 12.3. The molecule has 0 radical (unpaired) electrons. The van der Waals surface area contributed by atoms with Crippen LogP contribution in [0.5, 0.6) is 0 Å². The number of pyridine rings is 1. The summed E-state index contributed by atoms with van der Waals surface area (Å²) in [5, 5.41) is 15.8. The fraction of sp³-hybridized carbons (Fsp3) is 0.500. The number of nitriles is 1. The van der Waals surface area contributed by atoms with Gasteiger partial charge in [-0.15, -0.1) is 0 Å². The van der Waals surface area contributed by atoms with Crippen molar-refractivity contribution in [3.63, 3.8) is 0 Å². The highest BCUT2D eigenvalue weighted by Gasteiger charge is 2.32. The molecule has 0 unspecified atom stereocenters. The molecule has 1 aliphatic heterocycles. The summed E-state index contributed by atoms with van der Waals surface area (Å²) in [5.74, 6) is 0.587. The predicted molar refractivity (Wildman–Crippen MR) is 95.1 cm³/mol. The lowest BCUT2D eigenvalue weighted by atomic mass is 9.84. The summed E-state index contributed by atoms with van der Waals surface area (Å²) in [7, 11) is 0. The number of carbonyl (C=O) groups is 1. The number of fused-ring (bicyclic) bond motifs is 3. The van der Waals surface area contributed by atoms with E-state index in [9.17, 15) is 4.79 Å². The lowest BCUT2D eigenvalue weighted by molar-refractivity contribution is 0.0944. The highest BCUT2D eigenvalue weighted by Crippen LogP contribution is 2.36. The van der Waals surface area contributed by atoms with Gasteiger partial charge in [0.05, 0.1) is 30.5 Å². The van der Waals surface area contributed by atoms with E-state index < -0.39 is 0 Å². The molecule has 1 fully saturated rings. The topological polar surface area (TPSA) is 96.8 Å². The molecule has 1 aliphatic carbocycles. The van der Waals surface area contributed by atoms with Gasteiger partial charge in [0.1, 0.15) is 5.65 Å². The van der Waals surface area contributed by atoms with Gasteiger partial charge in [0, 0.05) is 23.8 Å². The SMILES string of the molecule is N#CCNCC1CCC(N2CNC(=O)c3cnc4[nH]ccc4c32)CC1. The highest BCUT2D eigenvalue weighted by atomic mass is 16.2. The van der Waals surface area contributed by atoms with E-state index in [0.717, 1.165) is 48.9 Å². The van der Waals surface area contributed by atoms with Gasteiger partial charge < -0.3 is 20.5 Å². The van der Waals surface area contributed by atoms with E-state index in [0.29, 0.717) is 30.7 Å². The van der Waals surface area contributed by atoms with Crippen LogP contribution in [0.15, 0.2) is 18.5 Å². The Morgan fingerprint density at radius 2 is 2.20 bits per heavy atom. The zero-order chi connectivity index (χ0) is 17.2. The van der Waals surface area contributed by atoms with Crippen LogP contribution in [0.25, 0.3) is 11.0 Å². The summed E-state index contributed by atoms with van der Waals surface area (Å²) in [4.78, 5) is 22.1. The summed E-state index contributed by atoms with van der Waals surface area (Å²) < 4.78 is 0. The minimum Gasteiger partial charge on any atom is -0.350 e. The van der Waals surface area contributed by atoms with E-state index in [1.54, 1.807) is 6.20 Å². The van der Waals surface area contributed by atoms with Gasteiger partial charge in [-0.25, -0.2) is 4.98 Å². The van der Waals surface area contributed by atoms with Crippen LogP contribution >= 0.6 is 0 Å². The zero-order valence-corrected chi connectivity index (χ0v) is 14.1. The number of nitrogens with one attached hydrogen (secondary N) is 3. The molecule has 1 saturated carbocycles. The predicted octanol–water partition coefficient (Wildman–Crippen LogP) is 1.74. The number of aromatic amines is 1. The molecule has 3 N–H and O–H groups in total. The molecule has 0 aromatic carbocycles. The quantitative estimate of drug-likeness (QED) is 0.583. The van der Waals surface area contributed by atoms with Crippen LogP contribution in [-0.4, -0.2) is 41.7 Å². The highest BCUT2D eigenvalue weighted by molar-refractivity contribution is 6.08. The first-order chi connectivity index (χ1) is 12.3. The lowest BCUT2D eigenvalue weighted by Crippen LogP contribution is -2.50. The standard InChI is InChI=1S/C18H22N6O/c19-6-8-20-9-12-1-3-13(4-2-12)24-11-23-18(25)15-10-22-17-14(16(15)24)5-7-21-17/h5,7,10,12-13,20H,1-4,8-9,11H2,(H,21,22)(H,23,25). The van der Waals surface area contributed by atoms with Crippen LogP contribution in [0.4, 0.5) is 5.69 Å². The third-order valence-corrected chi connectivity index (χ3v) is 5.39. The van der Waals surface area contributed by atoms with E-state index in [2.05, 4.69) is 31.6 Å². The van der Waals surface area contributed by atoms with Gasteiger partial charge in [-0.05, 0) is 44.2 Å². The van der Waals surface area contributed by atoms with Gasteiger partial charge in [-0.3, -0.25) is 4.79 Å². The van der Waals surface area contributed by atoms with E-state index in [4.69, 9.17) is 5.26 Å². The van der Waals surface area contributed by atoms with Gasteiger partial charge in [-0.2, -0.15) is 5.26 Å². The average molecular weight is 338 g/mol. The summed E-state index contributed by atoms with van der Waals surface area (Å²) in [6.07, 6.45) is 8.03. The number of carbonyl (C=O) groups excluding carboxylic acids is 1. The number of anilines is 1. The van der Waals surface area contributed by atoms with Gasteiger partial charge >= 0.3 is 0 Å². The molecule has 130 valence electrons. The molecule has 0 saturated heterocycles. The monoisotopic (exact) mass is 338 g/mol. The van der Waals surface area contributed by atoms with E-state index in [1.165, 1.54) is 0 Å². The van der Waals surface area contributed by atoms with Crippen molar-refractivity contribution in [1.29, 1.82) is 5.26 Å². The Kier molecular flexibility index (Phi) is 4.28. The van der Waals surface area contributed by atoms with Crippen molar-refractivity contribution in [1.82, 2.24) is 20.6 Å². The number of H-pyrrole nitrogens is 1. The van der Waals surface area contributed by atoms with Crippen molar-refractivity contribution in [2.75, 3.05) is 24.7 Å². The van der Waals surface area contributed by atoms with E-state index >= 15 is 0 Å². The Labute approximate surface area is 146 Å². The van der Waals surface area contributed by atoms with Crippen molar-refractivity contribution in [2.24, 2.45) is 5.92 Å². The van der Waals surface area contributed by atoms with Crippen LogP contribution in [-0.2, 0) is 0 Å². The molecule has 0 bridgehead atoms. The first kappa shape index (κ1) is 15.9. The Morgan fingerprint density at radius 1 is 1.36 bits per heavy atom. The molecule has 1 amide bonds. The summed E-state index contributed by atoms with van der Waals surface area (Å²) >= 11 is 0. The van der Waals surface area contributed by atoms with Crippen molar-refractivity contribution >= 4 is 22.6 Å². The fourth-order valence-corrected chi connectivity index (χ4v) is 4.11. The third kappa shape index (κ3) is 2.94. The third-order valence-electron chi connectivity index (χ3n) is 5.39. The molecular weight excluding hydrogens is 316 g/mol. The molecule has 7 nitrogen and oxygen atoms in total. The Hall–Kier alpha value is -2.59. The number of rotatable bonds is 4. The molecule has 4 rings (SSSR count). The maximum atomic E-state index is 12.3. The van der Waals surface area contributed by atoms with E-state index in [-0.39, 0.29) is 5.91 Å². The molecular formula is C18H22N6O. The molecule has 2 aliphatic rings. The molecule has 0 atom stereocenters. The second-order valence-corrected chi connectivity index (χ2v) is 6.86. The molecule has 3 heterocycles.